The molecule has 1 heterocycles. The van der Waals surface area contributed by atoms with E-state index in [0.717, 1.165) is 19.1 Å². The van der Waals surface area contributed by atoms with Crippen molar-refractivity contribution in [2.24, 2.45) is 16.3 Å². The topological polar surface area (TPSA) is 45.7 Å². The molecule has 2 saturated carbocycles. The molecule has 0 aromatic heterocycles. The fraction of sp³-hybridized carbons (Fsp3) is 0.938. The van der Waals surface area contributed by atoms with Crippen LogP contribution >= 0.6 is 24.0 Å². The summed E-state index contributed by atoms with van der Waals surface area (Å²) in [4.78, 5) is 4.62. The van der Waals surface area contributed by atoms with E-state index < -0.39 is 0 Å². The van der Waals surface area contributed by atoms with Crippen LogP contribution in [0.1, 0.15) is 52.9 Å². The van der Waals surface area contributed by atoms with Crippen LogP contribution in [0.3, 0.4) is 0 Å². The zero-order chi connectivity index (χ0) is 14.2. The lowest BCUT2D eigenvalue weighted by Gasteiger charge is -2.60. The first-order valence-electron chi connectivity index (χ1n) is 8.32. The molecule has 3 fully saturated rings. The van der Waals surface area contributed by atoms with Gasteiger partial charge in [-0.3, -0.25) is 4.99 Å². The first-order chi connectivity index (χ1) is 9.63. The van der Waals surface area contributed by atoms with Crippen LogP contribution in [0.4, 0.5) is 0 Å². The maximum absolute atomic E-state index is 5.98. The monoisotopic (exact) mass is 407 g/mol. The minimum Gasteiger partial charge on any atom is -0.377 e. The largest absolute Gasteiger partial charge is 0.377 e. The normalized spacial score (nSPS) is 34.8. The van der Waals surface area contributed by atoms with E-state index in [1.165, 1.54) is 32.1 Å². The van der Waals surface area contributed by atoms with Crippen molar-refractivity contribution in [3.05, 3.63) is 0 Å². The van der Waals surface area contributed by atoms with Gasteiger partial charge in [-0.1, -0.05) is 13.8 Å². The minimum absolute atomic E-state index is 0. The summed E-state index contributed by atoms with van der Waals surface area (Å²) in [5.74, 6) is 1.67. The minimum atomic E-state index is 0. The predicted octanol–water partition coefficient (Wildman–Crippen LogP) is 2.92. The highest BCUT2D eigenvalue weighted by Crippen LogP contribution is 2.51. The van der Waals surface area contributed by atoms with Gasteiger partial charge in [0, 0.05) is 36.6 Å². The number of nitrogens with one attached hydrogen (secondary N) is 2. The van der Waals surface area contributed by atoms with Gasteiger partial charge in [-0.15, -0.1) is 24.0 Å². The summed E-state index contributed by atoms with van der Waals surface area (Å²) in [6, 6.07) is 1.13. The molecule has 3 aliphatic rings. The number of rotatable bonds is 3. The lowest BCUT2D eigenvalue weighted by Crippen LogP contribution is -2.71. The second kappa shape index (κ2) is 7.02. The summed E-state index contributed by atoms with van der Waals surface area (Å²) in [6.45, 7) is 8.52. The molecule has 0 aromatic rings. The van der Waals surface area contributed by atoms with Crippen LogP contribution in [0.25, 0.3) is 0 Å². The van der Waals surface area contributed by atoms with Gasteiger partial charge in [-0.05, 0) is 39.0 Å². The number of nitrogens with zero attached hydrogens (tertiary/aromatic N) is 1. The summed E-state index contributed by atoms with van der Waals surface area (Å²) in [5.41, 5.74) is 0.209. The Kier molecular flexibility index (Phi) is 5.79. The van der Waals surface area contributed by atoms with Crippen LogP contribution in [0.2, 0.25) is 0 Å². The van der Waals surface area contributed by atoms with Crippen molar-refractivity contribution in [2.75, 3.05) is 13.2 Å². The summed E-state index contributed by atoms with van der Waals surface area (Å²) < 4.78 is 5.98. The molecule has 0 radical (unpaired) electrons. The molecule has 3 unspecified atom stereocenters. The van der Waals surface area contributed by atoms with Gasteiger partial charge in [0.2, 0.25) is 0 Å². The summed E-state index contributed by atoms with van der Waals surface area (Å²) >= 11 is 0. The van der Waals surface area contributed by atoms with Gasteiger partial charge in [0.05, 0.1) is 6.10 Å². The Morgan fingerprint density at radius 1 is 1.19 bits per heavy atom. The van der Waals surface area contributed by atoms with E-state index in [2.05, 4.69) is 36.4 Å². The van der Waals surface area contributed by atoms with Crippen molar-refractivity contribution < 1.29 is 4.74 Å². The maximum atomic E-state index is 5.98. The van der Waals surface area contributed by atoms with Gasteiger partial charge < -0.3 is 15.4 Å². The molecule has 0 aromatic carbocycles. The molecule has 3 rings (SSSR count). The molecule has 5 heteroatoms. The Morgan fingerprint density at radius 3 is 2.57 bits per heavy atom. The second-order valence-electron chi connectivity index (χ2n) is 7.14. The quantitative estimate of drug-likeness (QED) is 0.430. The Bertz CT molecular complexity index is 382. The van der Waals surface area contributed by atoms with E-state index in [0.29, 0.717) is 24.1 Å². The molecular formula is C16H30IN3O. The number of hydrogen-bond acceptors (Lipinski definition) is 2. The van der Waals surface area contributed by atoms with Gasteiger partial charge >= 0.3 is 0 Å². The van der Waals surface area contributed by atoms with Crippen LogP contribution in [0.15, 0.2) is 4.99 Å². The van der Waals surface area contributed by atoms with Gasteiger partial charge in [0.25, 0.3) is 0 Å². The van der Waals surface area contributed by atoms with Crippen LogP contribution in [0, 0.1) is 11.3 Å². The van der Waals surface area contributed by atoms with Gasteiger partial charge in [-0.2, -0.15) is 0 Å². The van der Waals surface area contributed by atoms with E-state index in [9.17, 15) is 0 Å². The summed E-state index contributed by atoms with van der Waals surface area (Å²) in [7, 11) is 0. The van der Waals surface area contributed by atoms with Crippen molar-refractivity contribution in [3.63, 3.8) is 0 Å². The highest BCUT2D eigenvalue weighted by Gasteiger charge is 2.58. The summed E-state index contributed by atoms with van der Waals surface area (Å²) in [5, 5.41) is 7.29. The standard InChI is InChI=1S/C16H29N3O.HI/c1-4-17-15(18-11-7-5-8-11)19-13-12-9-6-10-20-14(12)16(13,2)3;/h11-14H,4-10H2,1-3H3,(H2,17,18,19);1H. The van der Waals surface area contributed by atoms with Crippen molar-refractivity contribution >= 4 is 29.9 Å². The Balaban J connectivity index is 0.00000161. The van der Waals surface area contributed by atoms with Crippen LogP contribution in [0.5, 0.6) is 0 Å². The smallest absolute Gasteiger partial charge is 0.191 e. The fourth-order valence-corrected chi connectivity index (χ4v) is 4.00. The molecule has 4 nitrogen and oxygen atoms in total. The molecule has 1 aliphatic heterocycles. The van der Waals surface area contributed by atoms with Crippen LogP contribution in [-0.2, 0) is 4.74 Å². The fourth-order valence-electron chi connectivity index (χ4n) is 4.00. The lowest BCUT2D eigenvalue weighted by atomic mass is 9.55. The highest BCUT2D eigenvalue weighted by atomic mass is 127. The number of hydrogen-bond donors (Lipinski definition) is 2. The number of ether oxygens (including phenoxy) is 1. The third-order valence-electron chi connectivity index (χ3n) is 5.39. The zero-order valence-corrected chi connectivity index (χ0v) is 15.9. The first kappa shape index (κ1) is 17.3. The second-order valence-corrected chi connectivity index (χ2v) is 7.14. The third-order valence-corrected chi connectivity index (χ3v) is 5.39. The number of guanidine groups is 1. The molecule has 0 spiro atoms. The molecule has 0 amide bonds. The van der Waals surface area contributed by atoms with Gasteiger partial charge in [-0.25, -0.2) is 0 Å². The van der Waals surface area contributed by atoms with E-state index in [1.54, 1.807) is 0 Å². The van der Waals surface area contributed by atoms with Gasteiger partial charge in [0.15, 0.2) is 5.96 Å². The molecule has 0 bridgehead atoms. The zero-order valence-electron chi connectivity index (χ0n) is 13.5. The summed E-state index contributed by atoms with van der Waals surface area (Å²) in [6.07, 6.45) is 6.84. The molecule has 21 heavy (non-hydrogen) atoms. The Labute approximate surface area is 145 Å². The van der Waals surface area contributed by atoms with E-state index >= 15 is 0 Å². The van der Waals surface area contributed by atoms with E-state index in [4.69, 9.17) is 4.74 Å². The number of halogens is 1. The highest BCUT2D eigenvalue weighted by molar-refractivity contribution is 14.0. The Hall–Kier alpha value is -0.0400. The number of aliphatic imine (C=N–C) groups is 1. The third kappa shape index (κ3) is 3.33. The van der Waals surface area contributed by atoms with Crippen molar-refractivity contribution in [1.29, 1.82) is 0 Å². The van der Waals surface area contributed by atoms with Gasteiger partial charge in [0.1, 0.15) is 0 Å². The van der Waals surface area contributed by atoms with E-state index in [-0.39, 0.29) is 29.4 Å². The molecule has 2 N–H and O–H groups in total. The number of fused-ring (bicyclic) bond motifs is 1. The van der Waals surface area contributed by atoms with Crippen molar-refractivity contribution in [1.82, 2.24) is 10.6 Å². The molecular weight excluding hydrogens is 377 g/mol. The maximum Gasteiger partial charge on any atom is 0.191 e. The SMILES string of the molecule is CCN=C(NC1CCC1)NC1C2CCCOC2C1(C)C.I. The molecule has 1 saturated heterocycles. The first-order valence-corrected chi connectivity index (χ1v) is 8.32. The molecule has 3 atom stereocenters. The van der Waals surface area contributed by atoms with Crippen molar-refractivity contribution in [3.8, 4) is 0 Å². The van der Waals surface area contributed by atoms with Crippen molar-refractivity contribution in [2.45, 2.75) is 71.1 Å². The molecule has 122 valence electrons. The molecule has 2 aliphatic carbocycles. The van der Waals surface area contributed by atoms with Crippen LogP contribution in [-0.4, -0.2) is 37.3 Å². The van der Waals surface area contributed by atoms with E-state index in [1.807, 2.05) is 0 Å². The lowest BCUT2D eigenvalue weighted by molar-refractivity contribution is -0.188. The average Bonchev–Trinajstić information content (AvgIpc) is 2.39. The van der Waals surface area contributed by atoms with Crippen LogP contribution < -0.4 is 10.6 Å². The Morgan fingerprint density at radius 2 is 1.95 bits per heavy atom. The predicted molar refractivity (Wildman–Crippen MR) is 97.3 cm³/mol. The average molecular weight is 407 g/mol.